The van der Waals surface area contributed by atoms with Crippen LogP contribution in [0.25, 0.3) is 11.3 Å². The predicted molar refractivity (Wildman–Crippen MR) is 86.4 cm³/mol. The maximum Gasteiger partial charge on any atom is 0.0901 e. The molecule has 0 amide bonds. The van der Waals surface area contributed by atoms with E-state index in [1.165, 1.54) is 30.6 Å². The van der Waals surface area contributed by atoms with Crippen LogP contribution in [0.15, 0.2) is 29.6 Å². The molecule has 1 aromatic heterocycles. The number of likely N-dealkylation sites (tertiary alicyclic amines) is 1. The van der Waals surface area contributed by atoms with E-state index in [4.69, 9.17) is 0 Å². The Morgan fingerprint density at radius 1 is 1.30 bits per heavy atom. The first kappa shape index (κ1) is 13.6. The second kappa shape index (κ2) is 5.94. The highest BCUT2D eigenvalue weighted by molar-refractivity contribution is 7.09. The summed E-state index contributed by atoms with van der Waals surface area (Å²) in [6.07, 6.45) is 2.54. The lowest BCUT2D eigenvalue weighted by Crippen LogP contribution is -2.39. The molecule has 20 heavy (non-hydrogen) atoms. The van der Waals surface area contributed by atoms with Gasteiger partial charge in [0.25, 0.3) is 0 Å². The molecule has 0 spiro atoms. The van der Waals surface area contributed by atoms with Gasteiger partial charge in [0.05, 0.1) is 10.7 Å². The predicted octanol–water partition coefficient (Wildman–Crippen LogP) is 3.62. The molecule has 3 rings (SSSR count). The summed E-state index contributed by atoms with van der Waals surface area (Å²) in [6.45, 7) is 4.40. The average Bonchev–Trinajstić information content (AvgIpc) is 2.86. The summed E-state index contributed by atoms with van der Waals surface area (Å²) in [5, 5.41) is 6.87. The molecule has 2 aromatic rings. The van der Waals surface area contributed by atoms with Crippen LogP contribution in [0, 0.1) is 6.92 Å². The van der Waals surface area contributed by atoms with Gasteiger partial charge in [-0.2, -0.15) is 0 Å². The fraction of sp³-hybridized carbons (Fsp3) is 0.438. The van der Waals surface area contributed by atoms with E-state index in [0.29, 0.717) is 6.04 Å². The molecular weight excluding hydrogens is 266 g/mol. The monoisotopic (exact) mass is 287 g/mol. The van der Waals surface area contributed by atoms with E-state index < -0.39 is 0 Å². The van der Waals surface area contributed by atoms with Crippen molar-refractivity contribution in [3.8, 4) is 11.3 Å². The molecule has 1 fully saturated rings. The van der Waals surface area contributed by atoms with Crippen molar-refractivity contribution >= 4 is 17.0 Å². The van der Waals surface area contributed by atoms with E-state index in [2.05, 4.69) is 51.9 Å². The smallest absolute Gasteiger partial charge is 0.0901 e. The second-order valence-corrected chi connectivity index (χ2v) is 6.64. The van der Waals surface area contributed by atoms with Crippen LogP contribution >= 0.6 is 11.3 Å². The Bertz CT molecular complexity index is 561. The molecule has 1 atom stereocenters. The van der Waals surface area contributed by atoms with Crippen molar-refractivity contribution in [2.45, 2.75) is 25.8 Å². The lowest BCUT2D eigenvalue weighted by molar-refractivity contribution is 0.261. The van der Waals surface area contributed by atoms with Gasteiger partial charge in [0.1, 0.15) is 0 Å². The van der Waals surface area contributed by atoms with Crippen LogP contribution in [0.3, 0.4) is 0 Å². The molecule has 0 radical (unpaired) electrons. The first-order valence-electron chi connectivity index (χ1n) is 7.18. The maximum atomic E-state index is 4.53. The molecule has 1 aliphatic rings. The SMILES string of the molecule is Cc1nc(-c2ccc(NC3CCCN(C)C3)cc2)cs1. The Hall–Kier alpha value is -1.39. The number of nitrogens with zero attached hydrogens (tertiary/aromatic N) is 2. The minimum atomic E-state index is 0.570. The van der Waals surface area contributed by atoms with Gasteiger partial charge in [-0.05, 0) is 45.5 Å². The van der Waals surface area contributed by atoms with Crippen molar-refractivity contribution in [3.63, 3.8) is 0 Å². The topological polar surface area (TPSA) is 28.2 Å². The lowest BCUT2D eigenvalue weighted by Gasteiger charge is -2.30. The van der Waals surface area contributed by atoms with E-state index >= 15 is 0 Å². The van der Waals surface area contributed by atoms with Crippen LogP contribution in [-0.2, 0) is 0 Å². The maximum absolute atomic E-state index is 4.53. The van der Waals surface area contributed by atoms with Crippen LogP contribution in [0.2, 0.25) is 0 Å². The number of aromatic nitrogens is 1. The normalized spacial score (nSPS) is 20.0. The lowest BCUT2D eigenvalue weighted by atomic mass is 10.1. The minimum absolute atomic E-state index is 0.570. The van der Waals surface area contributed by atoms with Gasteiger partial charge in [0.15, 0.2) is 0 Å². The molecule has 1 aromatic carbocycles. The number of rotatable bonds is 3. The third-order valence-electron chi connectivity index (χ3n) is 3.79. The number of benzene rings is 1. The van der Waals surface area contributed by atoms with Gasteiger partial charge in [-0.25, -0.2) is 4.98 Å². The molecule has 2 heterocycles. The zero-order valence-electron chi connectivity index (χ0n) is 12.1. The summed E-state index contributed by atoms with van der Waals surface area (Å²) < 4.78 is 0. The van der Waals surface area contributed by atoms with Gasteiger partial charge in [-0.3, -0.25) is 0 Å². The Labute approximate surface area is 124 Å². The Morgan fingerprint density at radius 2 is 2.10 bits per heavy atom. The highest BCUT2D eigenvalue weighted by Gasteiger charge is 2.16. The van der Waals surface area contributed by atoms with E-state index in [0.717, 1.165) is 17.2 Å². The van der Waals surface area contributed by atoms with Crippen molar-refractivity contribution < 1.29 is 0 Å². The van der Waals surface area contributed by atoms with Gasteiger partial charge < -0.3 is 10.2 Å². The number of anilines is 1. The fourth-order valence-corrected chi connectivity index (χ4v) is 3.38. The van der Waals surface area contributed by atoms with Gasteiger partial charge in [0.2, 0.25) is 0 Å². The number of thiazole rings is 1. The minimum Gasteiger partial charge on any atom is -0.381 e. The molecular formula is C16H21N3S. The summed E-state index contributed by atoms with van der Waals surface area (Å²) in [4.78, 5) is 6.92. The molecule has 1 aliphatic heterocycles. The van der Waals surface area contributed by atoms with Gasteiger partial charge in [0, 0.05) is 29.2 Å². The van der Waals surface area contributed by atoms with Gasteiger partial charge in [-0.1, -0.05) is 12.1 Å². The molecule has 1 unspecified atom stereocenters. The van der Waals surface area contributed by atoms with Crippen molar-refractivity contribution in [2.75, 3.05) is 25.5 Å². The van der Waals surface area contributed by atoms with Gasteiger partial charge in [-0.15, -0.1) is 11.3 Å². The average molecular weight is 287 g/mol. The summed E-state index contributed by atoms with van der Waals surface area (Å²) >= 11 is 1.70. The number of nitrogens with one attached hydrogen (secondary N) is 1. The number of piperidine rings is 1. The Morgan fingerprint density at radius 3 is 2.75 bits per heavy atom. The Balaban J connectivity index is 1.67. The highest BCUT2D eigenvalue weighted by atomic mass is 32.1. The molecule has 4 heteroatoms. The Kier molecular flexibility index (Phi) is 4.03. The molecule has 0 bridgehead atoms. The van der Waals surface area contributed by atoms with Crippen LogP contribution in [-0.4, -0.2) is 36.1 Å². The second-order valence-electron chi connectivity index (χ2n) is 5.57. The molecule has 0 saturated carbocycles. The number of aryl methyl sites for hydroxylation is 1. The fourth-order valence-electron chi connectivity index (χ4n) is 2.75. The highest BCUT2D eigenvalue weighted by Crippen LogP contribution is 2.24. The molecule has 3 nitrogen and oxygen atoms in total. The van der Waals surface area contributed by atoms with Crippen molar-refractivity contribution in [2.24, 2.45) is 0 Å². The zero-order valence-corrected chi connectivity index (χ0v) is 12.9. The number of hydrogen-bond acceptors (Lipinski definition) is 4. The molecule has 106 valence electrons. The third kappa shape index (κ3) is 3.19. The van der Waals surface area contributed by atoms with E-state index in [1.54, 1.807) is 11.3 Å². The third-order valence-corrected chi connectivity index (χ3v) is 4.57. The molecule has 1 saturated heterocycles. The quantitative estimate of drug-likeness (QED) is 0.934. The van der Waals surface area contributed by atoms with Crippen LogP contribution in [0.5, 0.6) is 0 Å². The summed E-state index contributed by atoms with van der Waals surface area (Å²) in [5.74, 6) is 0. The first-order valence-corrected chi connectivity index (χ1v) is 8.06. The first-order chi connectivity index (χ1) is 9.70. The molecule has 0 aliphatic carbocycles. The number of hydrogen-bond donors (Lipinski definition) is 1. The van der Waals surface area contributed by atoms with E-state index in [1.807, 2.05) is 6.92 Å². The number of likely N-dealkylation sites (N-methyl/N-ethyl adjacent to an activating group) is 1. The summed E-state index contributed by atoms with van der Waals surface area (Å²) in [6, 6.07) is 9.21. The van der Waals surface area contributed by atoms with Crippen molar-refractivity contribution in [1.29, 1.82) is 0 Å². The standard InChI is InChI=1S/C16H21N3S/c1-12-17-16(11-20-12)13-5-7-14(8-6-13)18-15-4-3-9-19(2)10-15/h5-8,11,15,18H,3-4,9-10H2,1-2H3. The van der Waals surface area contributed by atoms with E-state index in [9.17, 15) is 0 Å². The summed E-state index contributed by atoms with van der Waals surface area (Å²) in [5.41, 5.74) is 3.48. The molecule has 1 N–H and O–H groups in total. The zero-order chi connectivity index (χ0) is 13.9. The van der Waals surface area contributed by atoms with Crippen LogP contribution in [0.4, 0.5) is 5.69 Å². The van der Waals surface area contributed by atoms with E-state index in [-0.39, 0.29) is 0 Å². The van der Waals surface area contributed by atoms with Crippen LogP contribution in [0.1, 0.15) is 17.8 Å². The van der Waals surface area contributed by atoms with Gasteiger partial charge >= 0.3 is 0 Å². The van der Waals surface area contributed by atoms with Crippen LogP contribution < -0.4 is 5.32 Å². The summed E-state index contributed by atoms with van der Waals surface area (Å²) in [7, 11) is 2.20. The largest absolute Gasteiger partial charge is 0.381 e. The van der Waals surface area contributed by atoms with Crippen molar-refractivity contribution in [3.05, 3.63) is 34.7 Å². The van der Waals surface area contributed by atoms with Crippen molar-refractivity contribution in [1.82, 2.24) is 9.88 Å².